The van der Waals surface area contributed by atoms with Crippen LogP contribution in [0.3, 0.4) is 0 Å². The van der Waals surface area contributed by atoms with Crippen LogP contribution in [-0.4, -0.2) is 53.4 Å². The Morgan fingerprint density at radius 1 is 1.03 bits per heavy atom. The number of amides is 1. The lowest BCUT2D eigenvalue weighted by atomic mass is 10.1. The van der Waals surface area contributed by atoms with Crippen molar-refractivity contribution in [2.24, 2.45) is 0 Å². The third kappa shape index (κ3) is 4.79. The second-order valence-corrected chi connectivity index (χ2v) is 7.13. The summed E-state index contributed by atoms with van der Waals surface area (Å²) < 4.78 is 17.1. The summed E-state index contributed by atoms with van der Waals surface area (Å²) in [5.74, 6) is 1.97. The number of fused-ring (bicyclic) bond motifs is 1. The summed E-state index contributed by atoms with van der Waals surface area (Å²) in [5, 5.41) is 10.1. The number of hydrogen-bond donors (Lipinski definition) is 0. The minimum atomic E-state index is -0.0210. The number of hydrogen-bond acceptors (Lipinski definition) is 6. The Kier molecular flexibility index (Phi) is 6.27. The van der Waals surface area contributed by atoms with Gasteiger partial charge in [-0.15, -0.1) is 5.10 Å². The number of piperidine rings is 1. The average molecular weight is 407 g/mol. The Morgan fingerprint density at radius 3 is 2.47 bits per heavy atom. The van der Waals surface area contributed by atoms with Gasteiger partial charge >= 0.3 is 0 Å². The summed E-state index contributed by atoms with van der Waals surface area (Å²) in [6.07, 6.45) is 3.24. The molecule has 0 bridgehead atoms. The predicted octanol–water partition coefficient (Wildman–Crippen LogP) is 3.48. The zero-order valence-corrected chi connectivity index (χ0v) is 17.0. The molecule has 7 nitrogen and oxygen atoms in total. The monoisotopic (exact) mass is 407 g/mol. The molecule has 1 aliphatic rings. The zero-order valence-electron chi connectivity index (χ0n) is 17.0. The summed E-state index contributed by atoms with van der Waals surface area (Å²) in [5.41, 5.74) is 0. The number of rotatable bonds is 7. The van der Waals surface area contributed by atoms with Crippen molar-refractivity contribution in [3.63, 3.8) is 0 Å². The highest BCUT2D eigenvalue weighted by molar-refractivity contribution is 5.85. The van der Waals surface area contributed by atoms with Crippen LogP contribution in [0.15, 0.2) is 54.7 Å². The van der Waals surface area contributed by atoms with E-state index in [4.69, 9.17) is 14.2 Å². The molecule has 1 saturated heterocycles. The van der Waals surface area contributed by atoms with Crippen LogP contribution in [0.2, 0.25) is 0 Å². The maximum absolute atomic E-state index is 12.5. The SMILES string of the molecule is CCOc1ccc(OCC(=O)N2CCC(Oc3nncc4ccccc34)CC2)cc1. The largest absolute Gasteiger partial charge is 0.494 e. The number of ether oxygens (including phenoxy) is 3. The molecule has 0 unspecified atom stereocenters. The first kappa shape index (κ1) is 19.9. The highest BCUT2D eigenvalue weighted by Crippen LogP contribution is 2.25. The van der Waals surface area contributed by atoms with Crippen molar-refractivity contribution >= 4 is 16.7 Å². The standard InChI is InChI=1S/C23H25N3O4/c1-2-28-18-7-9-19(10-8-18)29-16-22(27)26-13-11-20(12-14-26)30-23-21-6-4-3-5-17(21)15-24-25-23/h3-10,15,20H,2,11-14,16H2,1H3. The average Bonchev–Trinajstić information content (AvgIpc) is 2.79. The maximum Gasteiger partial charge on any atom is 0.260 e. The second kappa shape index (κ2) is 9.43. The van der Waals surface area contributed by atoms with Crippen molar-refractivity contribution in [1.29, 1.82) is 0 Å². The lowest BCUT2D eigenvalue weighted by Crippen LogP contribution is -2.43. The number of benzene rings is 2. The lowest BCUT2D eigenvalue weighted by Gasteiger charge is -2.32. The minimum Gasteiger partial charge on any atom is -0.494 e. The summed E-state index contributed by atoms with van der Waals surface area (Å²) in [7, 11) is 0. The summed E-state index contributed by atoms with van der Waals surface area (Å²) in [6, 6.07) is 15.2. The molecule has 0 spiro atoms. The van der Waals surface area contributed by atoms with Crippen molar-refractivity contribution in [2.75, 3.05) is 26.3 Å². The van der Waals surface area contributed by atoms with Crippen LogP contribution in [0.1, 0.15) is 19.8 Å². The topological polar surface area (TPSA) is 73.8 Å². The molecule has 0 aliphatic carbocycles. The van der Waals surface area contributed by atoms with Gasteiger partial charge in [0.1, 0.15) is 17.6 Å². The van der Waals surface area contributed by atoms with E-state index < -0.39 is 0 Å². The van der Waals surface area contributed by atoms with Crippen molar-refractivity contribution in [2.45, 2.75) is 25.9 Å². The fourth-order valence-electron chi connectivity index (χ4n) is 3.50. The molecule has 0 atom stereocenters. The first-order chi connectivity index (χ1) is 14.7. The minimum absolute atomic E-state index is 0.0150. The van der Waals surface area contributed by atoms with Crippen LogP contribution in [0.4, 0.5) is 0 Å². The summed E-state index contributed by atoms with van der Waals surface area (Å²) in [6.45, 7) is 3.84. The molecule has 1 fully saturated rings. The fraction of sp³-hybridized carbons (Fsp3) is 0.348. The second-order valence-electron chi connectivity index (χ2n) is 7.13. The molecule has 0 N–H and O–H groups in total. The quantitative estimate of drug-likeness (QED) is 0.597. The molecule has 30 heavy (non-hydrogen) atoms. The van der Waals surface area contributed by atoms with Crippen LogP contribution >= 0.6 is 0 Å². The van der Waals surface area contributed by atoms with E-state index in [2.05, 4.69) is 10.2 Å². The molecule has 4 rings (SSSR count). The van der Waals surface area contributed by atoms with Gasteiger partial charge in [0.2, 0.25) is 5.88 Å². The van der Waals surface area contributed by atoms with E-state index in [1.165, 1.54) is 0 Å². The van der Waals surface area contributed by atoms with E-state index in [0.29, 0.717) is 31.3 Å². The third-order valence-electron chi connectivity index (χ3n) is 5.11. The van der Waals surface area contributed by atoms with Gasteiger partial charge < -0.3 is 19.1 Å². The summed E-state index contributed by atoms with van der Waals surface area (Å²) >= 11 is 0. The fourth-order valence-corrected chi connectivity index (χ4v) is 3.50. The molecular weight excluding hydrogens is 382 g/mol. The van der Waals surface area contributed by atoms with Gasteiger partial charge in [0, 0.05) is 36.7 Å². The maximum atomic E-state index is 12.5. The molecule has 7 heteroatoms. The molecule has 0 radical (unpaired) electrons. The van der Waals surface area contributed by atoms with Gasteiger partial charge in [-0.2, -0.15) is 5.10 Å². The van der Waals surface area contributed by atoms with E-state index >= 15 is 0 Å². The molecular formula is C23H25N3O4. The molecule has 0 saturated carbocycles. The Bertz CT molecular complexity index is 980. The number of carbonyl (C=O) groups is 1. The third-order valence-corrected chi connectivity index (χ3v) is 5.11. The molecule has 1 aliphatic heterocycles. The van der Waals surface area contributed by atoms with Crippen molar-refractivity contribution in [3.8, 4) is 17.4 Å². The van der Waals surface area contributed by atoms with E-state index in [1.54, 1.807) is 6.20 Å². The van der Waals surface area contributed by atoms with Gasteiger partial charge in [-0.25, -0.2) is 0 Å². The normalized spacial score (nSPS) is 14.5. The Morgan fingerprint density at radius 2 is 1.73 bits per heavy atom. The van der Waals surface area contributed by atoms with Gasteiger partial charge in [0.25, 0.3) is 5.91 Å². The van der Waals surface area contributed by atoms with Crippen LogP contribution in [-0.2, 0) is 4.79 Å². The highest BCUT2D eigenvalue weighted by Gasteiger charge is 2.25. The molecule has 2 aromatic carbocycles. The number of likely N-dealkylation sites (tertiary alicyclic amines) is 1. The Hall–Kier alpha value is -3.35. The smallest absolute Gasteiger partial charge is 0.260 e. The van der Waals surface area contributed by atoms with Crippen LogP contribution in [0.25, 0.3) is 10.8 Å². The van der Waals surface area contributed by atoms with Crippen LogP contribution in [0, 0.1) is 0 Å². The van der Waals surface area contributed by atoms with Crippen LogP contribution in [0.5, 0.6) is 17.4 Å². The zero-order chi connectivity index (χ0) is 20.8. The molecule has 3 aromatic rings. The lowest BCUT2D eigenvalue weighted by molar-refractivity contribution is -0.135. The van der Waals surface area contributed by atoms with Crippen LogP contribution < -0.4 is 14.2 Å². The highest BCUT2D eigenvalue weighted by atomic mass is 16.5. The molecule has 2 heterocycles. The van der Waals surface area contributed by atoms with E-state index in [-0.39, 0.29) is 18.6 Å². The first-order valence-electron chi connectivity index (χ1n) is 10.2. The van der Waals surface area contributed by atoms with Gasteiger partial charge in [-0.1, -0.05) is 18.2 Å². The molecule has 156 valence electrons. The van der Waals surface area contributed by atoms with Crippen molar-refractivity contribution < 1.29 is 19.0 Å². The Labute approximate surface area is 175 Å². The first-order valence-corrected chi connectivity index (χ1v) is 10.2. The van der Waals surface area contributed by atoms with E-state index in [1.807, 2.05) is 60.4 Å². The van der Waals surface area contributed by atoms with E-state index in [9.17, 15) is 4.79 Å². The van der Waals surface area contributed by atoms with Gasteiger partial charge in [0.15, 0.2) is 6.61 Å². The number of carbonyl (C=O) groups excluding carboxylic acids is 1. The Balaban J connectivity index is 1.26. The number of nitrogens with zero attached hydrogens (tertiary/aromatic N) is 3. The summed E-state index contributed by atoms with van der Waals surface area (Å²) in [4.78, 5) is 14.3. The van der Waals surface area contributed by atoms with E-state index in [0.717, 1.165) is 29.4 Å². The van der Waals surface area contributed by atoms with Crippen molar-refractivity contribution in [3.05, 3.63) is 54.7 Å². The van der Waals surface area contributed by atoms with Gasteiger partial charge in [-0.3, -0.25) is 4.79 Å². The van der Waals surface area contributed by atoms with Gasteiger partial charge in [0.05, 0.1) is 12.8 Å². The molecule has 1 amide bonds. The number of aromatic nitrogens is 2. The van der Waals surface area contributed by atoms with Crippen molar-refractivity contribution in [1.82, 2.24) is 15.1 Å². The molecule has 1 aromatic heterocycles. The van der Waals surface area contributed by atoms with Gasteiger partial charge in [-0.05, 0) is 37.3 Å². The predicted molar refractivity (Wildman–Crippen MR) is 113 cm³/mol.